The highest BCUT2D eigenvalue weighted by atomic mass is 31.2. The smallest absolute Gasteiger partial charge is 0.388 e. The Morgan fingerprint density at radius 2 is 2.16 bits per heavy atom. The molecule has 0 aromatic heterocycles. The predicted molar refractivity (Wildman–Crippen MR) is 69.9 cm³/mol. The van der Waals surface area contributed by atoms with Crippen LogP contribution in [0.15, 0.2) is 0 Å². The Bertz CT molecular complexity index is 331. The minimum atomic E-state index is -3.99. The van der Waals surface area contributed by atoms with Crippen LogP contribution in [0.25, 0.3) is 0 Å². The van der Waals surface area contributed by atoms with E-state index in [1.165, 1.54) is 0 Å². The lowest BCUT2D eigenvalue weighted by atomic mass is 9.93. The average Bonchev–Trinajstić information content (AvgIpc) is 2.54. The summed E-state index contributed by atoms with van der Waals surface area (Å²) in [5, 5.41) is 12.1. The first kappa shape index (κ1) is 17.1. The van der Waals surface area contributed by atoms with E-state index in [1.54, 1.807) is 6.92 Å². The number of hydrogen-bond donors (Lipinski definition) is 3. The van der Waals surface area contributed by atoms with Gasteiger partial charge in [-0.2, -0.15) is 0 Å². The van der Waals surface area contributed by atoms with Crippen LogP contribution in [0.3, 0.4) is 0 Å². The lowest BCUT2D eigenvalue weighted by Gasteiger charge is -2.24. The van der Waals surface area contributed by atoms with Crippen LogP contribution in [-0.4, -0.2) is 61.4 Å². The highest BCUT2D eigenvalue weighted by molar-refractivity contribution is 7.50. The SMILES string of the molecule is [B][C@@H]1O[C@H](COC(C)C)C(OP(=O)(O)NCC)[C@@H]1O. The maximum absolute atomic E-state index is 11.7. The van der Waals surface area contributed by atoms with Gasteiger partial charge in [0.25, 0.3) is 0 Å². The molecule has 9 heteroatoms. The zero-order valence-electron chi connectivity index (χ0n) is 11.4. The molecule has 0 aromatic rings. The Hall–Kier alpha value is 0.0549. The van der Waals surface area contributed by atoms with Gasteiger partial charge in [-0.15, -0.1) is 0 Å². The Labute approximate surface area is 114 Å². The van der Waals surface area contributed by atoms with Crippen molar-refractivity contribution in [1.82, 2.24) is 5.09 Å². The molecular formula is C10H21BNO6P. The van der Waals surface area contributed by atoms with Gasteiger partial charge in [0.15, 0.2) is 0 Å². The molecule has 1 aliphatic heterocycles. The maximum atomic E-state index is 11.7. The van der Waals surface area contributed by atoms with Crippen LogP contribution in [0.5, 0.6) is 0 Å². The number of ether oxygens (including phenoxy) is 2. The normalized spacial score (nSPS) is 34.6. The molecular weight excluding hydrogens is 272 g/mol. The molecule has 0 amide bonds. The third-order valence-corrected chi connectivity index (χ3v) is 3.83. The molecule has 1 rings (SSSR count). The first-order valence-corrected chi connectivity index (χ1v) is 7.81. The predicted octanol–water partition coefficient (Wildman–Crippen LogP) is -0.239. The van der Waals surface area contributed by atoms with Crippen LogP contribution < -0.4 is 5.09 Å². The maximum Gasteiger partial charge on any atom is 0.403 e. The standard InChI is InChI=1S/C10H21BNO6P/c1-4-12-19(14,15)18-9-7(5-16-6(2)3)17-10(11)8(9)13/h6-10,13H,4-5H2,1-3H3,(H2,12,14,15)/t7-,8+,9?,10-/m1/s1. The summed E-state index contributed by atoms with van der Waals surface area (Å²) >= 11 is 0. The zero-order chi connectivity index (χ0) is 14.6. The van der Waals surface area contributed by atoms with Gasteiger partial charge in [-0.25, -0.2) is 9.65 Å². The van der Waals surface area contributed by atoms with Crippen molar-refractivity contribution < 1.29 is 28.6 Å². The van der Waals surface area contributed by atoms with Crippen molar-refractivity contribution in [3.05, 3.63) is 0 Å². The summed E-state index contributed by atoms with van der Waals surface area (Å²) in [6.07, 6.45) is -2.91. The van der Waals surface area contributed by atoms with E-state index in [9.17, 15) is 14.6 Å². The Morgan fingerprint density at radius 3 is 2.68 bits per heavy atom. The molecule has 110 valence electrons. The molecule has 7 nitrogen and oxygen atoms in total. The number of aliphatic hydroxyl groups excluding tert-OH is 1. The molecule has 0 aromatic carbocycles. The number of nitrogens with one attached hydrogen (secondary N) is 1. The van der Waals surface area contributed by atoms with E-state index in [0.717, 1.165) is 0 Å². The van der Waals surface area contributed by atoms with Gasteiger partial charge in [0.2, 0.25) is 0 Å². The highest BCUT2D eigenvalue weighted by Crippen LogP contribution is 2.41. The second-order valence-corrected chi connectivity index (χ2v) is 6.18. The van der Waals surface area contributed by atoms with E-state index in [0.29, 0.717) is 0 Å². The van der Waals surface area contributed by atoms with Gasteiger partial charge in [-0.05, 0) is 13.8 Å². The highest BCUT2D eigenvalue weighted by Gasteiger charge is 2.45. The summed E-state index contributed by atoms with van der Waals surface area (Å²) in [4.78, 5) is 9.55. The summed E-state index contributed by atoms with van der Waals surface area (Å²) in [6.45, 7) is 5.74. The van der Waals surface area contributed by atoms with Crippen molar-refractivity contribution in [2.75, 3.05) is 13.2 Å². The van der Waals surface area contributed by atoms with E-state index >= 15 is 0 Å². The molecule has 0 spiro atoms. The molecule has 3 N–H and O–H groups in total. The minimum absolute atomic E-state index is 0.0343. The average molecular weight is 293 g/mol. The van der Waals surface area contributed by atoms with Crippen LogP contribution in [0, 0.1) is 0 Å². The van der Waals surface area contributed by atoms with Gasteiger partial charge >= 0.3 is 7.75 Å². The van der Waals surface area contributed by atoms with Crippen molar-refractivity contribution in [1.29, 1.82) is 0 Å². The van der Waals surface area contributed by atoms with Gasteiger partial charge in [-0.3, -0.25) is 4.52 Å². The van der Waals surface area contributed by atoms with Crippen molar-refractivity contribution in [3.8, 4) is 0 Å². The zero-order valence-corrected chi connectivity index (χ0v) is 12.2. The van der Waals surface area contributed by atoms with Crippen molar-refractivity contribution >= 4 is 15.6 Å². The van der Waals surface area contributed by atoms with Crippen LogP contribution in [0.2, 0.25) is 0 Å². The van der Waals surface area contributed by atoms with Gasteiger partial charge in [0.1, 0.15) is 26.2 Å². The third-order valence-electron chi connectivity index (χ3n) is 2.59. The Kier molecular flexibility index (Phi) is 6.46. The minimum Gasteiger partial charge on any atom is -0.388 e. The molecule has 2 radical (unpaired) electrons. The summed E-state index contributed by atoms with van der Waals surface area (Å²) in [5.41, 5.74) is 0. The van der Waals surface area contributed by atoms with E-state index in [4.69, 9.17) is 21.8 Å². The summed E-state index contributed by atoms with van der Waals surface area (Å²) in [5.74, 6) is 0. The van der Waals surface area contributed by atoms with Crippen LogP contribution in [0.4, 0.5) is 0 Å². The molecule has 0 aliphatic carbocycles. The lowest BCUT2D eigenvalue weighted by Crippen LogP contribution is -2.38. The van der Waals surface area contributed by atoms with Crippen molar-refractivity contribution in [3.63, 3.8) is 0 Å². The quantitative estimate of drug-likeness (QED) is 0.440. The van der Waals surface area contributed by atoms with Crippen LogP contribution in [-0.2, 0) is 18.6 Å². The van der Waals surface area contributed by atoms with Gasteiger partial charge in [-0.1, -0.05) is 6.92 Å². The van der Waals surface area contributed by atoms with E-state index < -0.39 is 32.1 Å². The van der Waals surface area contributed by atoms with E-state index in [2.05, 4.69) is 5.09 Å². The van der Waals surface area contributed by atoms with E-state index in [-0.39, 0.29) is 19.3 Å². The fourth-order valence-corrected chi connectivity index (χ4v) is 2.78. The second kappa shape index (κ2) is 7.17. The molecule has 5 atom stereocenters. The summed E-state index contributed by atoms with van der Waals surface area (Å²) < 4.78 is 27.4. The van der Waals surface area contributed by atoms with Crippen LogP contribution >= 0.6 is 7.75 Å². The molecule has 1 saturated heterocycles. The van der Waals surface area contributed by atoms with E-state index in [1.807, 2.05) is 13.8 Å². The molecule has 0 saturated carbocycles. The number of aliphatic hydroxyl groups is 1. The van der Waals surface area contributed by atoms with Gasteiger partial charge < -0.3 is 19.5 Å². The monoisotopic (exact) mass is 293 g/mol. The molecule has 0 bridgehead atoms. The van der Waals surface area contributed by atoms with Gasteiger partial charge in [0, 0.05) is 12.5 Å². The topological polar surface area (TPSA) is 97.3 Å². The number of hydrogen-bond acceptors (Lipinski definition) is 5. The summed E-state index contributed by atoms with van der Waals surface area (Å²) in [6, 6.07) is -0.965. The third kappa shape index (κ3) is 5.15. The molecule has 1 aliphatic rings. The molecule has 1 heterocycles. The van der Waals surface area contributed by atoms with Crippen molar-refractivity contribution in [2.45, 2.75) is 51.2 Å². The molecule has 1 fully saturated rings. The fourth-order valence-electron chi connectivity index (χ4n) is 1.72. The Balaban J connectivity index is 2.67. The summed E-state index contributed by atoms with van der Waals surface area (Å²) in [7, 11) is 1.57. The first-order chi connectivity index (χ1) is 8.76. The first-order valence-electron chi connectivity index (χ1n) is 6.24. The van der Waals surface area contributed by atoms with Crippen LogP contribution in [0.1, 0.15) is 20.8 Å². The Morgan fingerprint density at radius 1 is 1.53 bits per heavy atom. The van der Waals surface area contributed by atoms with Crippen molar-refractivity contribution in [2.24, 2.45) is 0 Å². The second-order valence-electron chi connectivity index (χ2n) is 4.61. The number of rotatable bonds is 7. The molecule has 19 heavy (non-hydrogen) atoms. The van der Waals surface area contributed by atoms with Gasteiger partial charge in [0.05, 0.1) is 12.7 Å². The largest absolute Gasteiger partial charge is 0.403 e. The fraction of sp³-hybridized carbons (Fsp3) is 1.00. The molecule has 2 unspecified atom stereocenters. The lowest BCUT2D eigenvalue weighted by molar-refractivity contribution is -0.0447.